The maximum atomic E-state index is 4.77. The summed E-state index contributed by atoms with van der Waals surface area (Å²) in [4.78, 5) is 14.1. The number of thiazole rings is 1. The van der Waals surface area contributed by atoms with Crippen LogP contribution < -0.4 is 10.2 Å². The van der Waals surface area contributed by atoms with Gasteiger partial charge in [0.05, 0.1) is 5.69 Å². The summed E-state index contributed by atoms with van der Waals surface area (Å²) < 4.78 is 0. The second kappa shape index (κ2) is 12.5. The number of halogens is 1. The van der Waals surface area contributed by atoms with Crippen LogP contribution in [0.1, 0.15) is 38.3 Å². The van der Waals surface area contributed by atoms with E-state index in [2.05, 4.69) is 41.0 Å². The van der Waals surface area contributed by atoms with Crippen molar-refractivity contribution in [2.75, 3.05) is 44.7 Å². The molecule has 1 aliphatic heterocycles. The number of anilines is 1. The Morgan fingerprint density at radius 2 is 2.24 bits per heavy atom. The molecular weight excluding hydrogens is 445 g/mol. The monoisotopic (exact) mass is 477 g/mol. The van der Waals surface area contributed by atoms with Crippen LogP contribution in [0.2, 0.25) is 0 Å². The van der Waals surface area contributed by atoms with E-state index < -0.39 is 0 Å². The number of nitrogens with zero attached hydrogens (tertiary/aromatic N) is 4. The molecule has 7 heteroatoms. The van der Waals surface area contributed by atoms with Gasteiger partial charge < -0.3 is 15.1 Å². The molecule has 0 aliphatic carbocycles. The van der Waals surface area contributed by atoms with Crippen LogP contribution in [-0.2, 0) is 6.42 Å². The Kier molecular flexibility index (Phi) is 11.1. The number of hydrogen-bond donors (Lipinski definition) is 1. The number of rotatable bonds is 9. The van der Waals surface area contributed by atoms with Crippen molar-refractivity contribution in [3.05, 3.63) is 23.7 Å². The second-order valence-electron chi connectivity index (χ2n) is 6.15. The summed E-state index contributed by atoms with van der Waals surface area (Å²) in [7, 11) is 2.10. The summed E-state index contributed by atoms with van der Waals surface area (Å²) in [6.07, 6.45) is 7.61. The van der Waals surface area contributed by atoms with Crippen LogP contribution in [0.3, 0.4) is 0 Å². The molecule has 142 valence electrons. The molecule has 0 spiro atoms. The molecule has 2 heterocycles. The third-order valence-electron chi connectivity index (χ3n) is 4.14. The first-order valence-corrected chi connectivity index (χ1v) is 9.92. The first-order valence-electron chi connectivity index (χ1n) is 9.04. The summed E-state index contributed by atoms with van der Waals surface area (Å²) in [6.45, 7) is 10.9. The Labute approximate surface area is 173 Å². The van der Waals surface area contributed by atoms with E-state index in [0.717, 1.165) is 63.6 Å². The molecule has 1 aromatic heterocycles. The minimum atomic E-state index is 0. The van der Waals surface area contributed by atoms with Gasteiger partial charge in [0.1, 0.15) is 0 Å². The lowest BCUT2D eigenvalue weighted by Crippen LogP contribution is -2.39. The van der Waals surface area contributed by atoms with E-state index in [0.29, 0.717) is 0 Å². The maximum absolute atomic E-state index is 4.77. The molecule has 0 aromatic carbocycles. The largest absolute Gasteiger partial charge is 0.357 e. The lowest BCUT2D eigenvalue weighted by atomic mass is 10.3. The van der Waals surface area contributed by atoms with Crippen LogP contribution in [0.5, 0.6) is 0 Å². The van der Waals surface area contributed by atoms with Gasteiger partial charge in [-0.05, 0) is 32.6 Å². The summed E-state index contributed by atoms with van der Waals surface area (Å²) in [5.74, 6) is 0.983. The molecule has 0 radical (unpaired) electrons. The molecule has 0 amide bonds. The standard InChI is InChI=1S/C18H31N5S.HI/c1-4-6-7-12-22(3)17(19-5-2)20-11-10-16-15-24-18(21-16)23-13-8-9-14-23;/h4,15H,1,5-14H2,2-3H3,(H,19,20);1H. The lowest BCUT2D eigenvalue weighted by molar-refractivity contribution is 0.470. The van der Waals surface area contributed by atoms with Gasteiger partial charge in [-0.25, -0.2) is 4.98 Å². The highest BCUT2D eigenvalue weighted by Gasteiger charge is 2.15. The summed E-state index contributed by atoms with van der Waals surface area (Å²) >= 11 is 1.77. The molecule has 1 aliphatic rings. The van der Waals surface area contributed by atoms with Crippen LogP contribution >= 0.6 is 35.3 Å². The lowest BCUT2D eigenvalue weighted by Gasteiger charge is -2.21. The zero-order chi connectivity index (χ0) is 17.2. The van der Waals surface area contributed by atoms with Gasteiger partial charge in [0.15, 0.2) is 11.1 Å². The van der Waals surface area contributed by atoms with Crippen molar-refractivity contribution in [3.8, 4) is 0 Å². The van der Waals surface area contributed by atoms with Gasteiger partial charge in [-0.15, -0.1) is 41.9 Å². The fraction of sp³-hybridized carbons (Fsp3) is 0.667. The number of allylic oxidation sites excluding steroid dienone is 1. The van der Waals surface area contributed by atoms with E-state index in [4.69, 9.17) is 9.98 Å². The molecule has 5 nitrogen and oxygen atoms in total. The second-order valence-corrected chi connectivity index (χ2v) is 6.99. The van der Waals surface area contributed by atoms with Crippen molar-refractivity contribution in [2.45, 2.75) is 39.0 Å². The van der Waals surface area contributed by atoms with Crippen molar-refractivity contribution in [3.63, 3.8) is 0 Å². The van der Waals surface area contributed by atoms with Gasteiger partial charge in [-0.3, -0.25) is 4.99 Å². The van der Waals surface area contributed by atoms with Crippen LogP contribution in [0.15, 0.2) is 23.0 Å². The van der Waals surface area contributed by atoms with Crippen molar-refractivity contribution >= 4 is 46.4 Å². The fourth-order valence-corrected chi connectivity index (χ4v) is 3.70. The van der Waals surface area contributed by atoms with E-state index in [1.165, 1.54) is 18.0 Å². The average Bonchev–Trinajstić information content (AvgIpc) is 3.25. The molecule has 2 rings (SSSR count). The molecule has 1 N–H and O–H groups in total. The molecular formula is C18H32IN5S. The molecule has 25 heavy (non-hydrogen) atoms. The quantitative estimate of drug-likeness (QED) is 0.193. The van der Waals surface area contributed by atoms with Gasteiger partial charge in [0.25, 0.3) is 0 Å². The maximum Gasteiger partial charge on any atom is 0.193 e. The van der Waals surface area contributed by atoms with E-state index >= 15 is 0 Å². The Balaban J connectivity index is 0.00000312. The Bertz CT molecular complexity index is 525. The molecule has 0 bridgehead atoms. The number of unbranched alkanes of at least 4 members (excludes halogenated alkanes) is 1. The predicted molar refractivity (Wildman–Crippen MR) is 121 cm³/mol. The van der Waals surface area contributed by atoms with Crippen molar-refractivity contribution in [2.24, 2.45) is 4.99 Å². The van der Waals surface area contributed by atoms with Crippen LogP contribution in [0.4, 0.5) is 5.13 Å². The highest BCUT2D eigenvalue weighted by Crippen LogP contribution is 2.24. The normalized spacial score (nSPS) is 14.3. The van der Waals surface area contributed by atoms with Gasteiger partial charge >= 0.3 is 0 Å². The molecule has 1 aromatic rings. The third-order valence-corrected chi connectivity index (χ3v) is 5.09. The summed E-state index contributed by atoms with van der Waals surface area (Å²) in [5.41, 5.74) is 1.16. The Morgan fingerprint density at radius 3 is 2.92 bits per heavy atom. The molecule has 0 saturated carbocycles. The fourth-order valence-electron chi connectivity index (χ4n) is 2.79. The third kappa shape index (κ3) is 7.52. The first kappa shape index (κ1) is 22.2. The van der Waals surface area contributed by atoms with Crippen molar-refractivity contribution < 1.29 is 0 Å². The number of nitrogens with one attached hydrogen (secondary N) is 1. The van der Waals surface area contributed by atoms with E-state index in [-0.39, 0.29) is 24.0 Å². The van der Waals surface area contributed by atoms with Crippen molar-refractivity contribution in [1.82, 2.24) is 15.2 Å². The van der Waals surface area contributed by atoms with Crippen LogP contribution in [0, 0.1) is 0 Å². The SMILES string of the molecule is C=CCCCN(C)C(=NCCc1csc(N2CCCC2)n1)NCC.I. The molecule has 0 unspecified atom stereocenters. The summed E-state index contributed by atoms with van der Waals surface area (Å²) in [5, 5.41) is 6.73. The number of aromatic nitrogens is 1. The average molecular weight is 477 g/mol. The van der Waals surface area contributed by atoms with E-state index in [1.807, 2.05) is 6.08 Å². The smallest absolute Gasteiger partial charge is 0.193 e. The van der Waals surface area contributed by atoms with Crippen LogP contribution in [-0.4, -0.2) is 55.6 Å². The van der Waals surface area contributed by atoms with Gasteiger partial charge in [0.2, 0.25) is 0 Å². The minimum Gasteiger partial charge on any atom is -0.357 e. The Morgan fingerprint density at radius 1 is 1.48 bits per heavy atom. The predicted octanol–water partition coefficient (Wildman–Crippen LogP) is 3.77. The topological polar surface area (TPSA) is 43.8 Å². The number of aliphatic imine (C=N–C) groups is 1. The van der Waals surface area contributed by atoms with Crippen LogP contribution in [0.25, 0.3) is 0 Å². The zero-order valence-electron chi connectivity index (χ0n) is 15.5. The zero-order valence-corrected chi connectivity index (χ0v) is 18.7. The molecule has 1 fully saturated rings. The summed E-state index contributed by atoms with van der Waals surface area (Å²) in [6, 6.07) is 0. The number of hydrogen-bond acceptors (Lipinski definition) is 4. The van der Waals surface area contributed by atoms with E-state index in [9.17, 15) is 0 Å². The minimum absolute atomic E-state index is 0. The number of guanidine groups is 1. The highest BCUT2D eigenvalue weighted by molar-refractivity contribution is 14.0. The Hall–Kier alpha value is -0.830. The molecule has 1 saturated heterocycles. The van der Waals surface area contributed by atoms with Gasteiger partial charge in [0, 0.05) is 51.6 Å². The van der Waals surface area contributed by atoms with Crippen molar-refractivity contribution in [1.29, 1.82) is 0 Å². The van der Waals surface area contributed by atoms with Gasteiger partial charge in [-0.2, -0.15) is 0 Å². The highest BCUT2D eigenvalue weighted by atomic mass is 127. The first-order chi connectivity index (χ1) is 11.7. The van der Waals surface area contributed by atoms with Gasteiger partial charge in [-0.1, -0.05) is 6.08 Å². The molecule has 0 atom stereocenters. The van der Waals surface area contributed by atoms with E-state index in [1.54, 1.807) is 11.3 Å².